The van der Waals surface area contributed by atoms with Crippen molar-refractivity contribution in [3.05, 3.63) is 47.8 Å². The van der Waals surface area contributed by atoms with E-state index in [9.17, 15) is 18.6 Å². The maximum absolute atomic E-state index is 13.1. The van der Waals surface area contributed by atoms with Gasteiger partial charge in [0.15, 0.2) is 0 Å². The smallest absolute Gasteiger partial charge is 0.246 e. The number of aliphatic hydroxyl groups is 2. The fourth-order valence-electron chi connectivity index (χ4n) is 2.68. The Kier molecular flexibility index (Phi) is 6.57. The lowest BCUT2D eigenvalue weighted by Crippen LogP contribution is -2.36. The van der Waals surface area contributed by atoms with Crippen molar-refractivity contribution in [2.24, 2.45) is 0 Å². The molecule has 2 rings (SSSR count). The molecule has 1 heterocycles. The summed E-state index contributed by atoms with van der Waals surface area (Å²) in [6.45, 7) is 5.40. The molecule has 0 unspecified atom stereocenters. The van der Waals surface area contributed by atoms with Gasteiger partial charge in [-0.2, -0.15) is 9.40 Å². The Morgan fingerprint density at radius 1 is 1.08 bits per heavy atom. The van der Waals surface area contributed by atoms with Gasteiger partial charge in [-0.1, -0.05) is 51.1 Å². The van der Waals surface area contributed by atoms with Crippen LogP contribution >= 0.6 is 0 Å². The quantitative estimate of drug-likeness (QED) is 0.716. The first-order valence-corrected chi connectivity index (χ1v) is 9.98. The molecule has 8 heteroatoms. The molecule has 144 valence electrons. The lowest BCUT2D eigenvalue weighted by molar-refractivity contribution is 0.217. The SMILES string of the molecule is CC(C)(C)c1nn(Cc2ccccc2)cc1S(=O)(=O)N(CCO)CCO. The van der Waals surface area contributed by atoms with Crippen LogP contribution in [0.15, 0.2) is 41.4 Å². The van der Waals surface area contributed by atoms with Crippen LogP contribution in [-0.4, -0.2) is 59.0 Å². The van der Waals surface area contributed by atoms with Crippen molar-refractivity contribution >= 4 is 10.0 Å². The van der Waals surface area contributed by atoms with Gasteiger partial charge in [-0.25, -0.2) is 8.42 Å². The summed E-state index contributed by atoms with van der Waals surface area (Å²) in [7, 11) is -3.88. The maximum Gasteiger partial charge on any atom is 0.246 e. The highest BCUT2D eigenvalue weighted by atomic mass is 32.2. The van der Waals surface area contributed by atoms with Crippen molar-refractivity contribution in [3.63, 3.8) is 0 Å². The van der Waals surface area contributed by atoms with E-state index in [0.717, 1.165) is 9.87 Å². The Morgan fingerprint density at radius 3 is 2.15 bits per heavy atom. The van der Waals surface area contributed by atoms with Crippen molar-refractivity contribution in [2.75, 3.05) is 26.3 Å². The summed E-state index contributed by atoms with van der Waals surface area (Å²) >= 11 is 0. The lowest BCUT2D eigenvalue weighted by atomic mass is 9.92. The van der Waals surface area contributed by atoms with E-state index >= 15 is 0 Å². The molecule has 1 aromatic carbocycles. The maximum atomic E-state index is 13.1. The van der Waals surface area contributed by atoms with Gasteiger partial charge in [0, 0.05) is 24.7 Å². The number of sulfonamides is 1. The van der Waals surface area contributed by atoms with Gasteiger partial charge in [-0.3, -0.25) is 4.68 Å². The molecule has 0 aliphatic carbocycles. The van der Waals surface area contributed by atoms with Crippen LogP contribution in [-0.2, 0) is 22.0 Å². The van der Waals surface area contributed by atoms with Crippen molar-refractivity contribution in [1.29, 1.82) is 0 Å². The Balaban J connectivity index is 2.48. The summed E-state index contributed by atoms with van der Waals surface area (Å²) in [4.78, 5) is 0.114. The van der Waals surface area contributed by atoms with E-state index in [0.29, 0.717) is 12.2 Å². The summed E-state index contributed by atoms with van der Waals surface area (Å²) < 4.78 is 28.9. The second kappa shape index (κ2) is 8.30. The van der Waals surface area contributed by atoms with Crippen molar-refractivity contribution in [3.8, 4) is 0 Å². The number of nitrogens with zero attached hydrogens (tertiary/aromatic N) is 3. The van der Waals surface area contributed by atoms with E-state index < -0.39 is 15.4 Å². The largest absolute Gasteiger partial charge is 0.395 e. The number of hydrogen-bond donors (Lipinski definition) is 2. The number of benzene rings is 1. The predicted octanol–water partition coefficient (Wildman–Crippen LogP) is 1.20. The van der Waals surface area contributed by atoms with Gasteiger partial charge in [0.05, 0.1) is 25.5 Å². The molecular weight excluding hydrogens is 354 g/mol. The third kappa shape index (κ3) is 4.70. The first-order valence-electron chi connectivity index (χ1n) is 8.54. The molecule has 0 saturated carbocycles. The summed E-state index contributed by atoms with van der Waals surface area (Å²) in [6, 6.07) is 9.67. The zero-order valence-corrected chi connectivity index (χ0v) is 16.3. The van der Waals surface area contributed by atoms with Gasteiger partial charge < -0.3 is 10.2 Å². The molecule has 2 N–H and O–H groups in total. The zero-order chi connectivity index (χ0) is 19.4. The minimum atomic E-state index is -3.88. The van der Waals surface area contributed by atoms with Crippen LogP contribution in [0.2, 0.25) is 0 Å². The molecule has 7 nitrogen and oxygen atoms in total. The molecule has 1 aromatic heterocycles. The number of rotatable bonds is 8. The summed E-state index contributed by atoms with van der Waals surface area (Å²) in [5, 5.41) is 22.9. The molecule has 0 bridgehead atoms. The minimum Gasteiger partial charge on any atom is -0.395 e. The van der Waals surface area contributed by atoms with Gasteiger partial charge in [0.25, 0.3) is 0 Å². The highest BCUT2D eigenvalue weighted by Crippen LogP contribution is 2.29. The molecule has 0 amide bonds. The van der Waals surface area contributed by atoms with Crippen LogP contribution in [0, 0.1) is 0 Å². The Morgan fingerprint density at radius 2 is 1.65 bits per heavy atom. The van der Waals surface area contributed by atoms with Gasteiger partial charge in [-0.05, 0) is 5.56 Å². The topological polar surface area (TPSA) is 95.7 Å². The molecule has 0 radical (unpaired) electrons. The fourth-order valence-corrected chi connectivity index (χ4v) is 4.45. The molecule has 26 heavy (non-hydrogen) atoms. The Bertz CT molecular complexity index is 805. The second-order valence-electron chi connectivity index (χ2n) is 7.13. The summed E-state index contributed by atoms with van der Waals surface area (Å²) in [6.07, 6.45) is 1.53. The van der Waals surface area contributed by atoms with Crippen LogP contribution in [0.4, 0.5) is 0 Å². The highest BCUT2D eigenvalue weighted by molar-refractivity contribution is 7.89. The van der Waals surface area contributed by atoms with Crippen molar-refractivity contribution in [1.82, 2.24) is 14.1 Å². The molecule has 2 aromatic rings. The molecule has 0 atom stereocenters. The monoisotopic (exact) mass is 381 g/mol. The van der Waals surface area contributed by atoms with E-state index in [1.807, 2.05) is 51.1 Å². The molecule has 0 aliphatic rings. The van der Waals surface area contributed by atoms with Crippen LogP contribution in [0.25, 0.3) is 0 Å². The average molecular weight is 381 g/mol. The molecule has 0 saturated heterocycles. The molecule has 0 spiro atoms. The summed E-state index contributed by atoms with van der Waals surface area (Å²) in [5.41, 5.74) is 1.00. The van der Waals surface area contributed by atoms with Gasteiger partial charge >= 0.3 is 0 Å². The van der Waals surface area contributed by atoms with Crippen LogP contribution in [0.5, 0.6) is 0 Å². The number of hydrogen-bond acceptors (Lipinski definition) is 5. The Hall–Kier alpha value is -1.74. The van der Waals surface area contributed by atoms with Crippen molar-refractivity contribution in [2.45, 2.75) is 37.6 Å². The van der Waals surface area contributed by atoms with Gasteiger partial charge in [0.2, 0.25) is 10.0 Å². The van der Waals surface area contributed by atoms with Crippen LogP contribution in [0.3, 0.4) is 0 Å². The van der Waals surface area contributed by atoms with E-state index in [2.05, 4.69) is 5.10 Å². The third-order valence-electron chi connectivity index (χ3n) is 3.94. The van der Waals surface area contributed by atoms with E-state index in [4.69, 9.17) is 0 Å². The van der Waals surface area contributed by atoms with Crippen LogP contribution < -0.4 is 0 Å². The normalized spacial score (nSPS) is 12.7. The standard InChI is InChI=1S/C18H27N3O4S/c1-18(2,3)17-16(26(24,25)21(9-11-22)10-12-23)14-20(19-17)13-15-7-5-4-6-8-15/h4-8,14,22-23H,9-13H2,1-3H3. The minimum absolute atomic E-state index is 0.0731. The molecule has 0 fully saturated rings. The zero-order valence-electron chi connectivity index (χ0n) is 15.5. The third-order valence-corrected chi connectivity index (χ3v) is 5.84. The van der Waals surface area contributed by atoms with E-state index in [-0.39, 0.29) is 31.2 Å². The molecular formula is C18H27N3O4S. The highest BCUT2D eigenvalue weighted by Gasteiger charge is 2.33. The van der Waals surface area contributed by atoms with E-state index in [1.54, 1.807) is 4.68 Å². The summed E-state index contributed by atoms with van der Waals surface area (Å²) in [5.74, 6) is 0. The van der Waals surface area contributed by atoms with Crippen LogP contribution in [0.1, 0.15) is 32.0 Å². The first kappa shape index (κ1) is 20.6. The van der Waals surface area contributed by atoms with Crippen molar-refractivity contribution < 1.29 is 18.6 Å². The fraction of sp³-hybridized carbons (Fsp3) is 0.500. The second-order valence-corrected chi connectivity index (χ2v) is 9.03. The number of aromatic nitrogens is 2. The van der Waals surface area contributed by atoms with Gasteiger partial charge in [-0.15, -0.1) is 0 Å². The average Bonchev–Trinajstić information content (AvgIpc) is 3.00. The molecule has 0 aliphatic heterocycles. The van der Waals surface area contributed by atoms with Gasteiger partial charge in [0.1, 0.15) is 4.90 Å². The Labute approximate surface area is 154 Å². The number of aliphatic hydroxyl groups excluding tert-OH is 2. The predicted molar refractivity (Wildman–Crippen MR) is 99.4 cm³/mol. The van der Waals surface area contributed by atoms with E-state index in [1.165, 1.54) is 6.20 Å². The first-order chi connectivity index (χ1) is 12.2. The lowest BCUT2D eigenvalue weighted by Gasteiger charge is -2.23.